The highest BCUT2D eigenvalue weighted by molar-refractivity contribution is 5.95. The quantitative estimate of drug-likeness (QED) is 0.810. The summed E-state index contributed by atoms with van der Waals surface area (Å²) in [7, 11) is 0. The van der Waals surface area contributed by atoms with Gasteiger partial charge in [-0.1, -0.05) is 18.6 Å². The van der Waals surface area contributed by atoms with E-state index in [1.807, 2.05) is 24.3 Å². The van der Waals surface area contributed by atoms with Crippen molar-refractivity contribution in [3.05, 3.63) is 42.4 Å². The molecule has 5 heteroatoms. The maximum atomic E-state index is 12.4. The molecule has 4 rings (SSSR count). The van der Waals surface area contributed by atoms with Crippen LogP contribution in [-0.2, 0) is 0 Å². The summed E-state index contributed by atoms with van der Waals surface area (Å²) in [5.74, 6) is -0.000615. The third kappa shape index (κ3) is 1.96. The van der Waals surface area contributed by atoms with Crippen LogP contribution in [0, 0.1) is 5.41 Å². The molecule has 2 aromatic rings. The van der Waals surface area contributed by atoms with Gasteiger partial charge in [0.2, 0.25) is 0 Å². The predicted octanol–water partition coefficient (Wildman–Crippen LogP) is 2.08. The fourth-order valence-corrected chi connectivity index (χ4v) is 3.78. The molecule has 4 N–H and O–H groups in total. The second kappa shape index (κ2) is 4.95. The fourth-order valence-electron chi connectivity index (χ4n) is 3.78. The van der Waals surface area contributed by atoms with Gasteiger partial charge in [-0.25, -0.2) is 4.98 Å². The number of hydrogen-bond acceptors (Lipinski definition) is 3. The number of nitrogens with two attached hydrogens (primary N) is 1. The number of nitrogens with zero attached hydrogens (tertiary/aromatic N) is 1. The highest BCUT2D eigenvalue weighted by atomic mass is 16.1. The molecule has 2 saturated carbocycles. The molecule has 1 aromatic heterocycles. The van der Waals surface area contributed by atoms with Crippen LogP contribution in [-0.4, -0.2) is 28.0 Å². The third-order valence-corrected chi connectivity index (χ3v) is 5.47. The van der Waals surface area contributed by atoms with Gasteiger partial charge in [-0.05, 0) is 37.0 Å². The first-order valence-electron chi connectivity index (χ1n) is 7.84. The first-order chi connectivity index (χ1) is 10.7. The molecule has 2 unspecified atom stereocenters. The molecular formula is C17H20N4O. The number of nitrogens with one attached hydrogen (secondary N) is 2. The van der Waals surface area contributed by atoms with Gasteiger partial charge >= 0.3 is 0 Å². The topological polar surface area (TPSA) is 83.8 Å². The Labute approximate surface area is 129 Å². The number of aromatic nitrogens is 2. The summed E-state index contributed by atoms with van der Waals surface area (Å²) >= 11 is 0. The van der Waals surface area contributed by atoms with Gasteiger partial charge in [-0.15, -0.1) is 0 Å². The normalized spacial score (nSPS) is 25.3. The van der Waals surface area contributed by atoms with Crippen molar-refractivity contribution in [2.24, 2.45) is 11.1 Å². The molecule has 1 amide bonds. The van der Waals surface area contributed by atoms with Crippen LogP contribution in [0.5, 0.6) is 0 Å². The van der Waals surface area contributed by atoms with E-state index in [4.69, 9.17) is 5.73 Å². The summed E-state index contributed by atoms with van der Waals surface area (Å²) in [5.41, 5.74) is 8.99. The SMILES string of the molecule is NC1CC(NC(=O)c2ccc(-c3cnc[nH]3)cc2)C12CCC2. The average Bonchev–Trinajstić information content (AvgIpc) is 2.99. The van der Waals surface area contributed by atoms with Crippen molar-refractivity contribution in [3.63, 3.8) is 0 Å². The van der Waals surface area contributed by atoms with Crippen LogP contribution in [0.15, 0.2) is 36.8 Å². The molecule has 5 nitrogen and oxygen atoms in total. The molecule has 0 aliphatic heterocycles. The summed E-state index contributed by atoms with van der Waals surface area (Å²) in [6.07, 6.45) is 7.85. The van der Waals surface area contributed by atoms with E-state index in [-0.39, 0.29) is 23.4 Å². The molecule has 0 radical (unpaired) electrons. The highest BCUT2D eigenvalue weighted by Crippen LogP contribution is 2.55. The van der Waals surface area contributed by atoms with Crippen molar-refractivity contribution < 1.29 is 4.79 Å². The summed E-state index contributed by atoms with van der Waals surface area (Å²) in [5, 5.41) is 3.17. The van der Waals surface area contributed by atoms with Crippen LogP contribution >= 0.6 is 0 Å². The molecule has 2 aliphatic carbocycles. The van der Waals surface area contributed by atoms with Crippen molar-refractivity contribution in [3.8, 4) is 11.3 Å². The zero-order valence-corrected chi connectivity index (χ0v) is 12.4. The van der Waals surface area contributed by atoms with Crippen LogP contribution in [0.3, 0.4) is 0 Å². The number of rotatable bonds is 3. The van der Waals surface area contributed by atoms with Crippen LogP contribution in [0.1, 0.15) is 36.0 Å². The number of carbonyl (C=O) groups is 1. The molecule has 0 bridgehead atoms. The Bertz CT molecular complexity index is 673. The molecule has 22 heavy (non-hydrogen) atoms. The summed E-state index contributed by atoms with van der Waals surface area (Å²) in [6.45, 7) is 0. The summed E-state index contributed by atoms with van der Waals surface area (Å²) < 4.78 is 0. The number of hydrogen-bond donors (Lipinski definition) is 3. The van der Waals surface area contributed by atoms with E-state index in [2.05, 4.69) is 15.3 Å². The fraction of sp³-hybridized carbons (Fsp3) is 0.412. The van der Waals surface area contributed by atoms with Gasteiger partial charge in [-0.2, -0.15) is 0 Å². The summed E-state index contributed by atoms with van der Waals surface area (Å²) in [4.78, 5) is 19.5. The van der Waals surface area contributed by atoms with Crippen LogP contribution in [0.2, 0.25) is 0 Å². The lowest BCUT2D eigenvalue weighted by Gasteiger charge is -2.60. The monoisotopic (exact) mass is 296 g/mol. The minimum absolute atomic E-state index is 0.000615. The van der Waals surface area contributed by atoms with Gasteiger partial charge in [0.25, 0.3) is 5.91 Å². The van der Waals surface area contributed by atoms with Crippen molar-refractivity contribution in [2.75, 3.05) is 0 Å². The van der Waals surface area contributed by atoms with Crippen molar-refractivity contribution in [1.82, 2.24) is 15.3 Å². The number of amides is 1. The van der Waals surface area contributed by atoms with E-state index in [0.29, 0.717) is 5.56 Å². The van der Waals surface area contributed by atoms with Gasteiger partial charge in [0.15, 0.2) is 0 Å². The second-order valence-electron chi connectivity index (χ2n) is 6.50. The highest BCUT2D eigenvalue weighted by Gasteiger charge is 2.57. The maximum absolute atomic E-state index is 12.4. The minimum atomic E-state index is -0.000615. The summed E-state index contributed by atoms with van der Waals surface area (Å²) in [6, 6.07) is 8.10. The van der Waals surface area contributed by atoms with Gasteiger partial charge in [0.05, 0.1) is 18.2 Å². The van der Waals surface area contributed by atoms with E-state index in [9.17, 15) is 4.79 Å². The maximum Gasteiger partial charge on any atom is 0.251 e. The molecule has 1 spiro atoms. The van der Waals surface area contributed by atoms with E-state index in [1.54, 1.807) is 12.5 Å². The lowest BCUT2D eigenvalue weighted by atomic mass is 9.50. The smallest absolute Gasteiger partial charge is 0.251 e. The molecule has 2 atom stereocenters. The number of carbonyl (C=O) groups excluding carboxylic acids is 1. The zero-order valence-electron chi connectivity index (χ0n) is 12.4. The van der Waals surface area contributed by atoms with Gasteiger partial charge in [-0.3, -0.25) is 4.79 Å². The first kappa shape index (κ1) is 13.5. The Morgan fingerprint density at radius 2 is 2.09 bits per heavy atom. The number of benzene rings is 1. The second-order valence-corrected chi connectivity index (χ2v) is 6.50. The zero-order chi connectivity index (χ0) is 15.2. The number of imidazole rings is 1. The van der Waals surface area contributed by atoms with Crippen molar-refractivity contribution in [2.45, 2.75) is 37.8 Å². The van der Waals surface area contributed by atoms with E-state index < -0.39 is 0 Å². The third-order valence-electron chi connectivity index (χ3n) is 5.47. The molecule has 2 fully saturated rings. The lowest BCUT2D eigenvalue weighted by Crippen LogP contribution is -2.69. The largest absolute Gasteiger partial charge is 0.349 e. The average molecular weight is 296 g/mol. The number of aromatic amines is 1. The molecule has 0 saturated heterocycles. The molecule has 1 heterocycles. The molecule has 1 aromatic carbocycles. The van der Waals surface area contributed by atoms with Gasteiger partial charge < -0.3 is 16.0 Å². The van der Waals surface area contributed by atoms with Crippen LogP contribution in [0.4, 0.5) is 0 Å². The number of H-pyrrole nitrogens is 1. The molecule has 2 aliphatic rings. The Balaban J connectivity index is 1.45. The van der Waals surface area contributed by atoms with Gasteiger partial charge in [0, 0.05) is 23.1 Å². The van der Waals surface area contributed by atoms with E-state index >= 15 is 0 Å². The van der Waals surface area contributed by atoms with Crippen molar-refractivity contribution in [1.29, 1.82) is 0 Å². The Morgan fingerprint density at radius 1 is 1.32 bits per heavy atom. The molecule has 114 valence electrons. The Morgan fingerprint density at radius 3 is 2.64 bits per heavy atom. The Hall–Kier alpha value is -2.14. The van der Waals surface area contributed by atoms with E-state index in [1.165, 1.54) is 6.42 Å². The minimum Gasteiger partial charge on any atom is -0.349 e. The lowest BCUT2D eigenvalue weighted by molar-refractivity contribution is -0.0389. The van der Waals surface area contributed by atoms with Crippen molar-refractivity contribution >= 4 is 5.91 Å². The van der Waals surface area contributed by atoms with Crippen LogP contribution in [0.25, 0.3) is 11.3 Å². The molecular weight excluding hydrogens is 276 g/mol. The van der Waals surface area contributed by atoms with Gasteiger partial charge in [0.1, 0.15) is 0 Å². The Kier molecular flexibility index (Phi) is 3.04. The standard InChI is InChI=1S/C17H20N4O/c18-14-8-15(17(14)6-1-7-17)21-16(22)12-4-2-11(3-5-12)13-9-19-10-20-13/h2-5,9-10,14-15H,1,6-8,18H2,(H,19,20)(H,21,22). The van der Waals surface area contributed by atoms with Crippen LogP contribution < -0.4 is 11.1 Å². The first-order valence-corrected chi connectivity index (χ1v) is 7.84. The van der Waals surface area contributed by atoms with E-state index in [0.717, 1.165) is 30.5 Å². The predicted molar refractivity (Wildman–Crippen MR) is 84.2 cm³/mol.